The third kappa shape index (κ3) is 2.61. The number of hydrogen-bond donors (Lipinski definition) is 1. The summed E-state index contributed by atoms with van der Waals surface area (Å²) >= 11 is 6.16. The lowest BCUT2D eigenvalue weighted by atomic mass is 10.0. The van der Waals surface area contributed by atoms with Crippen molar-refractivity contribution in [2.75, 3.05) is 13.1 Å². The quantitative estimate of drug-likeness (QED) is 0.833. The van der Waals surface area contributed by atoms with Crippen LogP contribution in [0.5, 0.6) is 0 Å². The van der Waals surface area contributed by atoms with E-state index in [1.165, 1.54) is 0 Å². The van der Waals surface area contributed by atoms with Gasteiger partial charge < -0.3 is 10.6 Å². The molecule has 1 atom stereocenters. The molecule has 1 saturated heterocycles. The Kier molecular flexibility index (Phi) is 3.69. The van der Waals surface area contributed by atoms with E-state index in [2.05, 4.69) is 0 Å². The maximum Gasteiger partial charge on any atom is 0.255 e. The van der Waals surface area contributed by atoms with E-state index in [-0.39, 0.29) is 11.9 Å². The van der Waals surface area contributed by atoms with Crippen molar-refractivity contribution in [2.45, 2.75) is 25.8 Å². The fraction of sp³-hybridized carbons (Fsp3) is 0.462. The Balaban J connectivity index is 2.22. The van der Waals surface area contributed by atoms with Crippen LogP contribution in [0.1, 0.15) is 28.8 Å². The molecular formula is C13H17ClN2O. The van der Waals surface area contributed by atoms with E-state index in [9.17, 15) is 4.79 Å². The van der Waals surface area contributed by atoms with Gasteiger partial charge in [0.05, 0.1) is 10.6 Å². The lowest BCUT2D eigenvalue weighted by Gasteiger charge is -2.31. The first-order valence-electron chi connectivity index (χ1n) is 5.89. The number of nitrogens with zero attached hydrogens (tertiary/aromatic N) is 1. The number of halogens is 1. The van der Waals surface area contributed by atoms with Crippen LogP contribution in [-0.4, -0.2) is 29.9 Å². The summed E-state index contributed by atoms with van der Waals surface area (Å²) in [5.74, 6) is -0.00569. The van der Waals surface area contributed by atoms with Gasteiger partial charge in [0.15, 0.2) is 0 Å². The van der Waals surface area contributed by atoms with E-state index in [0.29, 0.717) is 17.1 Å². The minimum absolute atomic E-state index is 0.00569. The summed E-state index contributed by atoms with van der Waals surface area (Å²) in [4.78, 5) is 14.1. The topological polar surface area (TPSA) is 46.3 Å². The summed E-state index contributed by atoms with van der Waals surface area (Å²) < 4.78 is 0. The normalized spacial score (nSPS) is 20.4. The van der Waals surface area contributed by atoms with E-state index >= 15 is 0 Å². The Morgan fingerprint density at radius 3 is 3.00 bits per heavy atom. The predicted octanol–water partition coefficient (Wildman–Crippen LogP) is 2.21. The highest BCUT2D eigenvalue weighted by Gasteiger charge is 2.23. The number of likely N-dealkylation sites (tertiary alicyclic amines) is 1. The van der Waals surface area contributed by atoms with Crippen LogP contribution >= 0.6 is 11.6 Å². The minimum atomic E-state index is -0.00569. The van der Waals surface area contributed by atoms with E-state index in [0.717, 1.165) is 24.9 Å². The molecule has 0 bridgehead atoms. The van der Waals surface area contributed by atoms with Crippen LogP contribution in [-0.2, 0) is 0 Å². The molecule has 2 N–H and O–H groups in total. The molecule has 17 heavy (non-hydrogen) atoms. The lowest BCUT2D eigenvalue weighted by Crippen LogP contribution is -2.45. The molecule has 1 aromatic carbocycles. The molecular weight excluding hydrogens is 236 g/mol. The van der Waals surface area contributed by atoms with Gasteiger partial charge in [-0.25, -0.2) is 0 Å². The van der Waals surface area contributed by atoms with Crippen LogP contribution < -0.4 is 5.73 Å². The van der Waals surface area contributed by atoms with Gasteiger partial charge in [-0.1, -0.05) is 23.7 Å². The van der Waals surface area contributed by atoms with Gasteiger partial charge in [0.1, 0.15) is 0 Å². The summed E-state index contributed by atoms with van der Waals surface area (Å²) in [7, 11) is 0. The van der Waals surface area contributed by atoms with E-state index < -0.39 is 0 Å². The standard InChI is InChI=1S/C13H17ClN2O/c1-9-4-2-6-11(12(9)14)13(17)16-7-3-5-10(15)8-16/h2,4,6,10H,3,5,7-8,15H2,1H3/t10-/m1/s1. The number of amides is 1. The Morgan fingerprint density at radius 2 is 2.29 bits per heavy atom. The highest BCUT2D eigenvalue weighted by Crippen LogP contribution is 2.23. The molecule has 1 heterocycles. The molecule has 2 rings (SSSR count). The number of aryl methyl sites for hydroxylation is 1. The first-order chi connectivity index (χ1) is 8.09. The smallest absolute Gasteiger partial charge is 0.255 e. The Labute approximate surface area is 107 Å². The van der Waals surface area contributed by atoms with Gasteiger partial charge in [-0.3, -0.25) is 4.79 Å². The molecule has 3 nitrogen and oxygen atoms in total. The number of carbonyl (C=O) groups excluding carboxylic acids is 1. The van der Waals surface area contributed by atoms with Gasteiger partial charge >= 0.3 is 0 Å². The summed E-state index contributed by atoms with van der Waals surface area (Å²) in [6, 6.07) is 5.63. The molecule has 92 valence electrons. The summed E-state index contributed by atoms with van der Waals surface area (Å²) in [6.07, 6.45) is 1.96. The second kappa shape index (κ2) is 5.07. The maximum atomic E-state index is 12.3. The third-order valence-corrected chi connectivity index (χ3v) is 3.67. The maximum absolute atomic E-state index is 12.3. The zero-order valence-corrected chi connectivity index (χ0v) is 10.7. The fourth-order valence-electron chi connectivity index (χ4n) is 2.18. The molecule has 1 aliphatic rings. The second-order valence-corrected chi connectivity index (χ2v) is 4.97. The first-order valence-corrected chi connectivity index (χ1v) is 6.27. The molecule has 0 spiro atoms. The number of benzene rings is 1. The lowest BCUT2D eigenvalue weighted by molar-refractivity contribution is 0.0709. The van der Waals surface area contributed by atoms with Crippen LogP contribution in [0.4, 0.5) is 0 Å². The summed E-state index contributed by atoms with van der Waals surface area (Å²) in [6.45, 7) is 3.31. The van der Waals surface area contributed by atoms with E-state index in [1.54, 1.807) is 11.0 Å². The molecule has 1 aromatic rings. The van der Waals surface area contributed by atoms with Crippen molar-refractivity contribution in [1.82, 2.24) is 4.90 Å². The third-order valence-electron chi connectivity index (χ3n) is 3.17. The molecule has 0 radical (unpaired) electrons. The number of hydrogen-bond acceptors (Lipinski definition) is 2. The van der Waals surface area contributed by atoms with Gasteiger partial charge in [0.25, 0.3) is 5.91 Å². The predicted molar refractivity (Wildman–Crippen MR) is 69.3 cm³/mol. The van der Waals surface area contributed by atoms with Crippen LogP contribution in [0.3, 0.4) is 0 Å². The fourth-order valence-corrected chi connectivity index (χ4v) is 2.38. The summed E-state index contributed by atoms with van der Waals surface area (Å²) in [5.41, 5.74) is 7.40. The van der Waals surface area contributed by atoms with E-state index in [4.69, 9.17) is 17.3 Å². The largest absolute Gasteiger partial charge is 0.337 e. The van der Waals surface area contributed by atoms with Crippen molar-refractivity contribution >= 4 is 17.5 Å². The number of rotatable bonds is 1. The number of piperidine rings is 1. The van der Waals surface area contributed by atoms with Crippen LogP contribution in [0.15, 0.2) is 18.2 Å². The van der Waals surface area contributed by atoms with Crippen molar-refractivity contribution in [2.24, 2.45) is 5.73 Å². The van der Waals surface area contributed by atoms with Crippen molar-refractivity contribution in [3.05, 3.63) is 34.3 Å². The zero-order valence-electron chi connectivity index (χ0n) is 9.95. The van der Waals surface area contributed by atoms with Crippen LogP contribution in [0, 0.1) is 6.92 Å². The highest BCUT2D eigenvalue weighted by molar-refractivity contribution is 6.34. The van der Waals surface area contributed by atoms with Gasteiger partial charge in [-0.05, 0) is 31.4 Å². The van der Waals surface area contributed by atoms with Gasteiger partial charge in [-0.15, -0.1) is 0 Å². The van der Waals surface area contributed by atoms with Gasteiger partial charge in [0.2, 0.25) is 0 Å². The molecule has 0 aliphatic carbocycles. The highest BCUT2D eigenvalue weighted by atomic mass is 35.5. The molecule has 1 amide bonds. The van der Waals surface area contributed by atoms with Crippen molar-refractivity contribution in [3.8, 4) is 0 Å². The average Bonchev–Trinajstić information content (AvgIpc) is 2.32. The zero-order chi connectivity index (χ0) is 12.4. The number of carbonyl (C=O) groups is 1. The molecule has 1 aliphatic heterocycles. The van der Waals surface area contributed by atoms with Gasteiger partial charge in [0, 0.05) is 19.1 Å². The monoisotopic (exact) mass is 252 g/mol. The Morgan fingerprint density at radius 1 is 1.53 bits per heavy atom. The first kappa shape index (κ1) is 12.4. The Bertz CT molecular complexity index is 433. The van der Waals surface area contributed by atoms with E-state index in [1.807, 2.05) is 19.1 Å². The molecule has 0 aromatic heterocycles. The van der Waals surface area contributed by atoms with Crippen molar-refractivity contribution in [3.63, 3.8) is 0 Å². The summed E-state index contributed by atoms with van der Waals surface area (Å²) in [5, 5.41) is 0.552. The minimum Gasteiger partial charge on any atom is -0.337 e. The van der Waals surface area contributed by atoms with Crippen molar-refractivity contribution < 1.29 is 4.79 Å². The molecule has 1 fully saturated rings. The number of nitrogens with two attached hydrogens (primary N) is 1. The average molecular weight is 253 g/mol. The Hall–Kier alpha value is -1.06. The molecule has 4 heteroatoms. The molecule has 0 saturated carbocycles. The SMILES string of the molecule is Cc1cccc(C(=O)N2CCC[C@@H](N)C2)c1Cl. The van der Waals surface area contributed by atoms with Crippen LogP contribution in [0.2, 0.25) is 5.02 Å². The second-order valence-electron chi connectivity index (χ2n) is 4.59. The molecule has 0 unspecified atom stereocenters. The van der Waals surface area contributed by atoms with Crippen molar-refractivity contribution in [1.29, 1.82) is 0 Å². The van der Waals surface area contributed by atoms with Crippen LogP contribution in [0.25, 0.3) is 0 Å². The van der Waals surface area contributed by atoms with Gasteiger partial charge in [-0.2, -0.15) is 0 Å².